The average molecular weight is 120 g/mol. The molecular formula is C3H6ClN3. The first kappa shape index (κ1) is 5.00. The van der Waals surface area contributed by atoms with E-state index in [0.717, 1.165) is 0 Å². The first-order valence-corrected chi connectivity index (χ1v) is 2.41. The number of nitrogens with two attached hydrogens (primary N) is 1. The summed E-state index contributed by atoms with van der Waals surface area (Å²) in [7, 11) is 0. The molecule has 0 fully saturated rings. The fourth-order valence-electron chi connectivity index (χ4n) is 0.230. The molecule has 0 amide bonds. The maximum absolute atomic E-state index is 5.52. The van der Waals surface area contributed by atoms with Crippen LogP contribution >= 0.6 is 11.6 Å². The van der Waals surface area contributed by atoms with Crippen molar-refractivity contribution in [3.63, 3.8) is 0 Å². The third-order valence-corrected chi connectivity index (χ3v) is 1.37. The van der Waals surface area contributed by atoms with E-state index in [1.54, 1.807) is 6.92 Å². The predicted octanol–water partition coefficient (Wildman–Crippen LogP) is 0.692. The zero-order valence-electron chi connectivity index (χ0n) is 3.93. The standard InChI is InChI=1S/C3H6ClN3/c1-2(5)3(4)6-7-3/h2H,5H2,1H3. The number of hydrogen-bond donors (Lipinski definition) is 1. The van der Waals surface area contributed by atoms with Gasteiger partial charge < -0.3 is 5.73 Å². The summed E-state index contributed by atoms with van der Waals surface area (Å²) < 4.78 is 0. The highest BCUT2D eigenvalue weighted by molar-refractivity contribution is 6.25. The molecule has 0 bridgehead atoms. The van der Waals surface area contributed by atoms with Crippen LogP contribution in [-0.2, 0) is 0 Å². The Morgan fingerprint density at radius 1 is 1.71 bits per heavy atom. The lowest BCUT2D eigenvalue weighted by atomic mass is 10.3. The highest BCUT2D eigenvalue weighted by Crippen LogP contribution is 2.34. The van der Waals surface area contributed by atoms with Crippen molar-refractivity contribution in [2.24, 2.45) is 16.0 Å². The van der Waals surface area contributed by atoms with E-state index in [-0.39, 0.29) is 6.04 Å². The van der Waals surface area contributed by atoms with Crippen LogP contribution in [0.2, 0.25) is 0 Å². The molecule has 1 aliphatic rings. The van der Waals surface area contributed by atoms with Gasteiger partial charge in [-0.05, 0) is 6.92 Å². The summed E-state index contributed by atoms with van der Waals surface area (Å²) >= 11 is 5.52. The molecule has 1 unspecified atom stereocenters. The summed E-state index contributed by atoms with van der Waals surface area (Å²) in [5.41, 5.74) is 5.31. The Kier molecular flexibility index (Phi) is 0.834. The quantitative estimate of drug-likeness (QED) is 0.401. The van der Waals surface area contributed by atoms with Crippen molar-refractivity contribution < 1.29 is 0 Å². The lowest BCUT2D eigenvalue weighted by molar-refractivity contribution is 0.650. The van der Waals surface area contributed by atoms with Gasteiger partial charge in [0, 0.05) is 0 Å². The molecule has 1 heterocycles. The van der Waals surface area contributed by atoms with Crippen LogP contribution in [-0.4, -0.2) is 11.2 Å². The maximum atomic E-state index is 5.52. The summed E-state index contributed by atoms with van der Waals surface area (Å²) in [6.45, 7) is 1.77. The Morgan fingerprint density at radius 3 is 2.14 bits per heavy atom. The lowest BCUT2D eigenvalue weighted by Gasteiger charge is -2.02. The van der Waals surface area contributed by atoms with E-state index in [1.807, 2.05) is 0 Å². The van der Waals surface area contributed by atoms with Crippen molar-refractivity contribution in [2.45, 2.75) is 18.1 Å². The molecule has 7 heavy (non-hydrogen) atoms. The summed E-state index contributed by atoms with van der Waals surface area (Å²) in [6.07, 6.45) is 0. The van der Waals surface area contributed by atoms with E-state index < -0.39 is 5.12 Å². The van der Waals surface area contributed by atoms with Crippen LogP contribution in [0.1, 0.15) is 6.92 Å². The van der Waals surface area contributed by atoms with Crippen molar-refractivity contribution in [2.75, 3.05) is 0 Å². The molecule has 40 valence electrons. The van der Waals surface area contributed by atoms with Crippen LogP contribution < -0.4 is 5.73 Å². The Bertz CT molecular complexity index is 103. The monoisotopic (exact) mass is 119 g/mol. The summed E-state index contributed by atoms with van der Waals surface area (Å²) in [4.78, 5) is 0. The third-order valence-electron chi connectivity index (χ3n) is 0.870. The van der Waals surface area contributed by atoms with E-state index in [1.165, 1.54) is 0 Å². The van der Waals surface area contributed by atoms with Crippen molar-refractivity contribution in [1.29, 1.82) is 0 Å². The summed E-state index contributed by atoms with van der Waals surface area (Å²) in [5.74, 6) is 0. The molecule has 1 rings (SSSR count). The van der Waals surface area contributed by atoms with E-state index in [9.17, 15) is 0 Å². The molecule has 1 aliphatic heterocycles. The number of alkyl halides is 1. The molecule has 0 spiro atoms. The normalized spacial score (nSPS) is 27.3. The molecule has 1 atom stereocenters. The van der Waals surface area contributed by atoms with Gasteiger partial charge in [-0.15, -0.1) is 10.2 Å². The zero-order chi connectivity index (χ0) is 5.49. The number of rotatable bonds is 1. The van der Waals surface area contributed by atoms with Crippen LogP contribution in [0, 0.1) is 0 Å². The first-order chi connectivity index (χ1) is 3.15. The Morgan fingerprint density at radius 2 is 2.14 bits per heavy atom. The van der Waals surface area contributed by atoms with Crippen LogP contribution in [0.25, 0.3) is 0 Å². The van der Waals surface area contributed by atoms with E-state index >= 15 is 0 Å². The number of halogens is 1. The minimum atomic E-state index is -0.750. The smallest absolute Gasteiger partial charge is 0.278 e. The van der Waals surface area contributed by atoms with Crippen molar-refractivity contribution >= 4 is 11.6 Å². The molecular weight excluding hydrogens is 114 g/mol. The van der Waals surface area contributed by atoms with Crippen LogP contribution in [0.3, 0.4) is 0 Å². The Hall–Kier alpha value is -0.150. The molecule has 3 nitrogen and oxygen atoms in total. The molecule has 0 radical (unpaired) electrons. The number of nitrogens with zero attached hydrogens (tertiary/aromatic N) is 2. The molecule has 0 saturated heterocycles. The van der Waals surface area contributed by atoms with Gasteiger partial charge in [-0.25, -0.2) is 0 Å². The molecule has 0 saturated carbocycles. The van der Waals surface area contributed by atoms with Crippen LogP contribution in [0.15, 0.2) is 10.2 Å². The second-order valence-electron chi connectivity index (χ2n) is 1.63. The molecule has 2 N–H and O–H groups in total. The van der Waals surface area contributed by atoms with E-state index in [2.05, 4.69) is 10.2 Å². The minimum absolute atomic E-state index is 0.158. The Labute approximate surface area is 46.6 Å². The molecule has 0 aromatic rings. The van der Waals surface area contributed by atoms with Gasteiger partial charge in [-0.2, -0.15) is 0 Å². The fourth-order valence-corrected chi connectivity index (χ4v) is 0.268. The minimum Gasteiger partial charge on any atom is -0.323 e. The van der Waals surface area contributed by atoms with E-state index in [0.29, 0.717) is 0 Å². The largest absolute Gasteiger partial charge is 0.323 e. The van der Waals surface area contributed by atoms with E-state index in [4.69, 9.17) is 17.3 Å². The maximum Gasteiger partial charge on any atom is 0.278 e. The Balaban J connectivity index is 2.41. The second kappa shape index (κ2) is 1.17. The predicted molar refractivity (Wildman–Crippen MR) is 27.1 cm³/mol. The van der Waals surface area contributed by atoms with Gasteiger partial charge in [-0.3, -0.25) is 0 Å². The fraction of sp³-hybridized carbons (Fsp3) is 1.00. The van der Waals surface area contributed by atoms with Crippen molar-refractivity contribution in [3.05, 3.63) is 0 Å². The van der Waals surface area contributed by atoms with Gasteiger partial charge in [0.1, 0.15) is 0 Å². The summed E-state index contributed by atoms with van der Waals surface area (Å²) in [5, 5.41) is 6.25. The van der Waals surface area contributed by atoms with Gasteiger partial charge >= 0.3 is 0 Å². The third kappa shape index (κ3) is 0.737. The van der Waals surface area contributed by atoms with Gasteiger partial charge in [0.05, 0.1) is 6.04 Å². The SMILES string of the molecule is CC(N)C1(Cl)N=N1. The molecule has 0 aromatic carbocycles. The van der Waals surface area contributed by atoms with Crippen molar-refractivity contribution in [3.8, 4) is 0 Å². The highest BCUT2D eigenvalue weighted by Gasteiger charge is 2.41. The molecule has 0 aromatic heterocycles. The first-order valence-electron chi connectivity index (χ1n) is 2.04. The molecule has 4 heteroatoms. The summed E-state index contributed by atoms with van der Waals surface area (Å²) in [6, 6.07) is -0.158. The van der Waals surface area contributed by atoms with Crippen molar-refractivity contribution in [1.82, 2.24) is 0 Å². The lowest BCUT2D eigenvalue weighted by Crippen LogP contribution is -2.29. The van der Waals surface area contributed by atoms with Crippen LogP contribution in [0.4, 0.5) is 0 Å². The molecule has 0 aliphatic carbocycles. The van der Waals surface area contributed by atoms with Gasteiger partial charge in [-0.1, -0.05) is 11.6 Å². The topological polar surface area (TPSA) is 50.7 Å². The average Bonchev–Trinajstić information content (AvgIpc) is 2.21. The zero-order valence-corrected chi connectivity index (χ0v) is 4.68. The second-order valence-corrected chi connectivity index (χ2v) is 2.18. The number of hydrogen-bond acceptors (Lipinski definition) is 3. The highest BCUT2D eigenvalue weighted by atomic mass is 35.5. The van der Waals surface area contributed by atoms with Crippen LogP contribution in [0.5, 0.6) is 0 Å². The van der Waals surface area contributed by atoms with Gasteiger partial charge in [0.25, 0.3) is 5.12 Å². The van der Waals surface area contributed by atoms with Gasteiger partial charge in [0.15, 0.2) is 0 Å². The van der Waals surface area contributed by atoms with Gasteiger partial charge in [0.2, 0.25) is 0 Å².